The Morgan fingerprint density at radius 3 is 2.85 bits per heavy atom. The van der Waals surface area contributed by atoms with Crippen LogP contribution >= 0.6 is 0 Å². The van der Waals surface area contributed by atoms with Gasteiger partial charge in [-0.2, -0.15) is 5.10 Å². The maximum atomic E-state index is 11.0. The van der Waals surface area contributed by atoms with Crippen molar-refractivity contribution in [2.75, 3.05) is 18.5 Å². The van der Waals surface area contributed by atoms with E-state index in [1.807, 2.05) is 11.8 Å². The molecule has 0 saturated heterocycles. The Labute approximate surface area is 115 Å². The number of nitrogen functional groups attached to an aromatic ring is 1. The lowest BCUT2D eigenvalue weighted by molar-refractivity contribution is -0.119. The van der Waals surface area contributed by atoms with Crippen LogP contribution < -0.4 is 17.0 Å². The first-order valence-electron chi connectivity index (χ1n) is 6.21. The number of hydrogen-bond acceptors (Lipinski definition) is 7. The number of hydrazine groups is 1. The molecule has 0 fully saturated rings. The highest BCUT2D eigenvalue weighted by Crippen LogP contribution is 2.18. The van der Waals surface area contributed by atoms with Gasteiger partial charge >= 0.3 is 0 Å². The van der Waals surface area contributed by atoms with Gasteiger partial charge in [0.05, 0.1) is 24.7 Å². The van der Waals surface area contributed by atoms with E-state index in [4.69, 9.17) is 11.6 Å². The van der Waals surface area contributed by atoms with Crippen LogP contribution in [0.5, 0.6) is 0 Å². The largest absolute Gasteiger partial charge is 0.369 e. The third kappa shape index (κ3) is 2.83. The second-order valence-corrected chi connectivity index (χ2v) is 4.41. The highest BCUT2D eigenvalue weighted by molar-refractivity contribution is 5.86. The minimum Gasteiger partial charge on any atom is -0.369 e. The van der Waals surface area contributed by atoms with E-state index in [-0.39, 0.29) is 12.5 Å². The maximum absolute atomic E-state index is 11.0. The summed E-state index contributed by atoms with van der Waals surface area (Å²) < 4.78 is 1.64. The molecule has 0 aliphatic carbocycles. The van der Waals surface area contributed by atoms with Gasteiger partial charge in [0.1, 0.15) is 5.82 Å². The summed E-state index contributed by atoms with van der Waals surface area (Å²) in [5, 5.41) is 4.87. The first kappa shape index (κ1) is 14.2. The molecule has 0 aromatic carbocycles. The number of carbonyl (C=O) groups excluding carboxylic acids is 1. The van der Waals surface area contributed by atoms with Crippen LogP contribution in [0.15, 0.2) is 6.20 Å². The number of amides is 1. The Morgan fingerprint density at radius 1 is 1.50 bits per heavy atom. The number of hydrogen-bond donors (Lipinski definition) is 3. The average Bonchev–Trinajstić information content (AvgIpc) is 2.78. The van der Waals surface area contributed by atoms with Gasteiger partial charge in [0, 0.05) is 7.05 Å². The van der Waals surface area contributed by atoms with E-state index in [9.17, 15) is 4.79 Å². The van der Waals surface area contributed by atoms with Crippen LogP contribution in [0.25, 0.3) is 11.0 Å². The molecule has 0 bridgehead atoms. The van der Waals surface area contributed by atoms with E-state index in [1.54, 1.807) is 17.9 Å². The summed E-state index contributed by atoms with van der Waals surface area (Å²) in [7, 11) is 1.79. The number of anilines is 1. The minimum absolute atomic E-state index is 0.161. The molecule has 5 N–H and O–H groups in total. The number of nitrogens with zero attached hydrogens (tertiary/aromatic N) is 5. The average molecular weight is 278 g/mol. The number of primary amides is 1. The van der Waals surface area contributed by atoms with Crippen molar-refractivity contribution in [2.24, 2.45) is 18.6 Å². The van der Waals surface area contributed by atoms with Crippen LogP contribution in [0.1, 0.15) is 12.7 Å². The van der Waals surface area contributed by atoms with Crippen molar-refractivity contribution < 1.29 is 4.79 Å². The molecule has 20 heavy (non-hydrogen) atoms. The zero-order valence-electron chi connectivity index (χ0n) is 11.5. The molecule has 9 nitrogen and oxygen atoms in total. The summed E-state index contributed by atoms with van der Waals surface area (Å²) in [5.41, 5.74) is 8.43. The van der Waals surface area contributed by atoms with E-state index in [1.165, 1.54) is 0 Å². The lowest BCUT2D eigenvalue weighted by atomic mass is 10.3. The van der Waals surface area contributed by atoms with Crippen LogP contribution in [0.4, 0.5) is 5.82 Å². The van der Waals surface area contributed by atoms with Gasteiger partial charge in [-0.1, -0.05) is 6.92 Å². The first-order valence-corrected chi connectivity index (χ1v) is 6.21. The van der Waals surface area contributed by atoms with Crippen LogP contribution in [-0.2, 0) is 18.4 Å². The Morgan fingerprint density at radius 2 is 2.25 bits per heavy atom. The van der Waals surface area contributed by atoms with Crippen LogP contribution in [0.2, 0.25) is 0 Å². The van der Waals surface area contributed by atoms with Gasteiger partial charge < -0.3 is 11.2 Å². The molecule has 9 heteroatoms. The van der Waals surface area contributed by atoms with Gasteiger partial charge in [-0.25, -0.2) is 15.8 Å². The first-order chi connectivity index (χ1) is 9.55. The fraction of sp³-hybridized carbons (Fsp3) is 0.455. The molecule has 0 spiro atoms. The van der Waals surface area contributed by atoms with Gasteiger partial charge in [0.2, 0.25) is 5.91 Å². The summed E-state index contributed by atoms with van der Waals surface area (Å²) in [6.45, 7) is 3.18. The molecule has 2 aromatic rings. The molecular weight excluding hydrogens is 260 g/mol. The molecule has 2 aromatic heterocycles. The number of likely N-dealkylation sites (N-methyl/N-ethyl adjacent to an activating group) is 1. The Hall–Kier alpha value is -2.26. The Balaban J connectivity index is 2.34. The van der Waals surface area contributed by atoms with Gasteiger partial charge in [-0.15, -0.1) is 0 Å². The summed E-state index contributed by atoms with van der Waals surface area (Å²) in [6, 6.07) is 0. The molecule has 0 saturated carbocycles. The Bertz CT molecular complexity index is 622. The van der Waals surface area contributed by atoms with Gasteiger partial charge in [0.25, 0.3) is 0 Å². The predicted octanol–water partition coefficient (Wildman–Crippen LogP) is -1.04. The zero-order valence-corrected chi connectivity index (χ0v) is 11.5. The van der Waals surface area contributed by atoms with Crippen molar-refractivity contribution >= 4 is 22.8 Å². The molecule has 0 atom stereocenters. The van der Waals surface area contributed by atoms with Crippen molar-refractivity contribution in [1.82, 2.24) is 24.6 Å². The van der Waals surface area contributed by atoms with E-state index in [2.05, 4.69) is 20.5 Å². The molecule has 0 aliphatic rings. The molecule has 108 valence electrons. The van der Waals surface area contributed by atoms with Crippen molar-refractivity contribution in [1.29, 1.82) is 0 Å². The molecule has 2 heterocycles. The van der Waals surface area contributed by atoms with Crippen LogP contribution in [-0.4, -0.2) is 43.6 Å². The molecule has 0 radical (unpaired) electrons. The summed E-state index contributed by atoms with van der Waals surface area (Å²) in [5.74, 6) is 6.15. The number of aromatic nitrogens is 4. The molecule has 2 rings (SSSR count). The second kappa shape index (κ2) is 5.80. The lowest BCUT2D eigenvalue weighted by Crippen LogP contribution is -2.33. The van der Waals surface area contributed by atoms with Crippen molar-refractivity contribution in [3.05, 3.63) is 12.0 Å². The van der Waals surface area contributed by atoms with E-state index in [0.717, 1.165) is 5.39 Å². The van der Waals surface area contributed by atoms with E-state index in [0.29, 0.717) is 30.4 Å². The highest BCUT2D eigenvalue weighted by atomic mass is 16.1. The molecule has 1 amide bonds. The quantitative estimate of drug-likeness (QED) is 0.454. The topological polar surface area (TPSA) is 128 Å². The zero-order chi connectivity index (χ0) is 14.7. The predicted molar refractivity (Wildman–Crippen MR) is 74.3 cm³/mol. The molecule has 0 unspecified atom stereocenters. The smallest absolute Gasteiger partial charge is 0.231 e. The highest BCUT2D eigenvalue weighted by Gasteiger charge is 2.14. The fourth-order valence-corrected chi connectivity index (χ4v) is 1.95. The molecule has 0 aliphatic heterocycles. The number of aryl methyl sites for hydroxylation is 1. The monoisotopic (exact) mass is 278 g/mol. The third-order valence-electron chi connectivity index (χ3n) is 2.97. The standard InChI is InChI=1S/C11H18N8O/c1-3-19(5-8(12)20)6-9-15-10(17-13)7-4-14-18(2)11(7)16-9/h4H,3,5-6,13H2,1-2H3,(H2,12,20)(H,15,16,17). The van der Waals surface area contributed by atoms with E-state index >= 15 is 0 Å². The second-order valence-electron chi connectivity index (χ2n) is 4.41. The van der Waals surface area contributed by atoms with Gasteiger partial charge in [-0.05, 0) is 6.54 Å². The van der Waals surface area contributed by atoms with Crippen molar-refractivity contribution in [2.45, 2.75) is 13.5 Å². The summed E-state index contributed by atoms with van der Waals surface area (Å²) >= 11 is 0. The minimum atomic E-state index is -0.384. The van der Waals surface area contributed by atoms with Crippen LogP contribution in [0.3, 0.4) is 0 Å². The van der Waals surface area contributed by atoms with Gasteiger partial charge in [-0.3, -0.25) is 14.4 Å². The number of carbonyl (C=O) groups is 1. The van der Waals surface area contributed by atoms with Crippen LogP contribution in [0, 0.1) is 0 Å². The number of fused-ring (bicyclic) bond motifs is 1. The SMILES string of the molecule is CCN(CC(N)=O)Cc1nc(NN)c2cnn(C)c2n1. The third-order valence-corrected chi connectivity index (χ3v) is 2.97. The Kier molecular flexibility index (Phi) is 4.11. The molecular formula is C11H18N8O. The summed E-state index contributed by atoms with van der Waals surface area (Å²) in [4.78, 5) is 21.6. The van der Waals surface area contributed by atoms with Crippen molar-refractivity contribution in [3.8, 4) is 0 Å². The fourth-order valence-electron chi connectivity index (χ4n) is 1.95. The summed E-state index contributed by atoms with van der Waals surface area (Å²) in [6.07, 6.45) is 1.65. The maximum Gasteiger partial charge on any atom is 0.231 e. The van der Waals surface area contributed by atoms with Gasteiger partial charge in [0.15, 0.2) is 11.5 Å². The number of rotatable bonds is 6. The normalized spacial score (nSPS) is 11.2. The van der Waals surface area contributed by atoms with E-state index < -0.39 is 0 Å². The number of nitrogens with one attached hydrogen (secondary N) is 1. The number of nitrogens with two attached hydrogens (primary N) is 2. The van der Waals surface area contributed by atoms with Crippen molar-refractivity contribution in [3.63, 3.8) is 0 Å². The lowest BCUT2D eigenvalue weighted by Gasteiger charge is -2.17.